The molecule has 1 aliphatic rings. The van der Waals surface area contributed by atoms with E-state index in [-0.39, 0.29) is 17.3 Å². The molecular formula is C28H24N4O4S. The highest BCUT2D eigenvalue weighted by Gasteiger charge is 2.37. The Morgan fingerprint density at radius 3 is 1.97 bits per heavy atom. The molecule has 4 aromatic rings. The van der Waals surface area contributed by atoms with Crippen LogP contribution < -0.4 is 10.6 Å². The molecular weight excluding hydrogens is 488 g/mol. The standard InChI is InChI=1S/C28H24N4O4S/c33-25-23(16-17-29-25)36-32-24(26(34)35)22-18-37-27(30-22)31-28(19-10-4-1-5-11-19,20-12-6-2-7-13-20)21-14-8-3-9-15-21/h1-15,18,23H,16-17H2,(H,29,33)(H,30,31)(H,34,35)/t23-/m1/s1. The number of aromatic nitrogens is 1. The van der Waals surface area contributed by atoms with Crippen LogP contribution in [0.15, 0.2) is 102 Å². The number of carboxylic acid groups (broad SMARTS) is 1. The molecule has 0 aliphatic carbocycles. The molecule has 0 unspecified atom stereocenters. The molecule has 1 aromatic heterocycles. The van der Waals surface area contributed by atoms with E-state index < -0.39 is 17.6 Å². The third kappa shape index (κ3) is 4.94. The monoisotopic (exact) mass is 512 g/mol. The normalized spacial score (nSPS) is 15.7. The predicted molar refractivity (Wildman–Crippen MR) is 142 cm³/mol. The van der Waals surface area contributed by atoms with Gasteiger partial charge in [0.1, 0.15) is 11.2 Å². The molecule has 0 saturated carbocycles. The molecule has 1 fully saturated rings. The maximum Gasteiger partial charge on any atom is 0.360 e. The second-order valence-electron chi connectivity index (χ2n) is 8.43. The highest BCUT2D eigenvalue weighted by Crippen LogP contribution is 2.40. The van der Waals surface area contributed by atoms with E-state index in [1.54, 1.807) is 5.38 Å². The van der Waals surface area contributed by atoms with Crippen molar-refractivity contribution in [2.24, 2.45) is 5.16 Å². The molecule has 1 aliphatic heterocycles. The van der Waals surface area contributed by atoms with Crippen molar-refractivity contribution in [3.8, 4) is 0 Å². The van der Waals surface area contributed by atoms with Crippen molar-refractivity contribution in [3.63, 3.8) is 0 Å². The van der Waals surface area contributed by atoms with E-state index in [1.807, 2.05) is 91.0 Å². The summed E-state index contributed by atoms with van der Waals surface area (Å²) in [5, 5.41) is 21.9. The summed E-state index contributed by atoms with van der Waals surface area (Å²) in [6.45, 7) is 0.465. The molecule has 3 aromatic carbocycles. The summed E-state index contributed by atoms with van der Waals surface area (Å²) in [5.41, 5.74) is 1.94. The van der Waals surface area contributed by atoms with Gasteiger partial charge in [0.15, 0.2) is 5.13 Å². The fourth-order valence-corrected chi connectivity index (χ4v) is 5.12. The summed E-state index contributed by atoms with van der Waals surface area (Å²) in [6, 6.07) is 30.1. The van der Waals surface area contributed by atoms with E-state index in [0.717, 1.165) is 16.7 Å². The largest absolute Gasteiger partial charge is 0.476 e. The number of rotatable bonds is 9. The summed E-state index contributed by atoms with van der Waals surface area (Å²) < 4.78 is 0. The van der Waals surface area contributed by atoms with Gasteiger partial charge in [0.25, 0.3) is 5.91 Å². The van der Waals surface area contributed by atoms with Crippen LogP contribution in [0.1, 0.15) is 28.8 Å². The number of amides is 1. The molecule has 5 rings (SSSR count). The van der Waals surface area contributed by atoms with E-state index >= 15 is 0 Å². The molecule has 1 atom stereocenters. The molecule has 186 valence electrons. The van der Waals surface area contributed by atoms with Crippen molar-refractivity contribution in [1.82, 2.24) is 10.3 Å². The molecule has 37 heavy (non-hydrogen) atoms. The molecule has 0 radical (unpaired) electrons. The number of nitrogens with zero attached hydrogens (tertiary/aromatic N) is 2. The van der Waals surface area contributed by atoms with Crippen LogP contribution in [-0.4, -0.2) is 40.3 Å². The van der Waals surface area contributed by atoms with Crippen molar-refractivity contribution in [1.29, 1.82) is 0 Å². The Morgan fingerprint density at radius 2 is 1.51 bits per heavy atom. The van der Waals surface area contributed by atoms with Crippen LogP contribution in [0, 0.1) is 0 Å². The lowest BCUT2D eigenvalue weighted by atomic mass is 9.77. The van der Waals surface area contributed by atoms with Crippen molar-refractivity contribution in [2.75, 3.05) is 11.9 Å². The van der Waals surface area contributed by atoms with Crippen LogP contribution in [0.5, 0.6) is 0 Å². The van der Waals surface area contributed by atoms with E-state index in [2.05, 4.69) is 20.8 Å². The number of hydrogen-bond donors (Lipinski definition) is 3. The Hall–Kier alpha value is -4.50. The van der Waals surface area contributed by atoms with Gasteiger partial charge in [-0.1, -0.05) is 96.2 Å². The van der Waals surface area contributed by atoms with Crippen molar-refractivity contribution >= 4 is 34.1 Å². The first-order valence-electron chi connectivity index (χ1n) is 11.7. The van der Waals surface area contributed by atoms with Crippen LogP contribution in [0.2, 0.25) is 0 Å². The summed E-state index contributed by atoms with van der Waals surface area (Å²) in [5.74, 6) is -1.61. The Kier molecular flexibility index (Phi) is 6.96. The van der Waals surface area contributed by atoms with Crippen LogP contribution in [0.3, 0.4) is 0 Å². The topological polar surface area (TPSA) is 113 Å². The third-order valence-corrected chi connectivity index (χ3v) is 6.89. The second kappa shape index (κ2) is 10.6. The SMILES string of the molecule is O=C(O)C(=NO[C@@H]1CCNC1=O)c1csc(NC(c2ccccc2)(c2ccccc2)c2ccccc2)n1. The van der Waals surface area contributed by atoms with Crippen LogP contribution in [0.4, 0.5) is 5.13 Å². The minimum atomic E-state index is -1.30. The quantitative estimate of drug-likeness (QED) is 0.176. The number of aliphatic carboxylic acids is 1. The average Bonchev–Trinajstić information content (AvgIpc) is 3.57. The van der Waals surface area contributed by atoms with Gasteiger partial charge in [-0.25, -0.2) is 9.78 Å². The Bertz CT molecular complexity index is 1310. The zero-order valence-electron chi connectivity index (χ0n) is 19.7. The summed E-state index contributed by atoms with van der Waals surface area (Å²) in [7, 11) is 0. The fraction of sp³-hybridized carbons (Fsp3) is 0.143. The molecule has 8 nitrogen and oxygen atoms in total. The predicted octanol–water partition coefficient (Wildman–Crippen LogP) is 4.24. The van der Waals surface area contributed by atoms with Gasteiger partial charge in [-0.15, -0.1) is 11.3 Å². The first-order valence-corrected chi connectivity index (χ1v) is 12.6. The third-order valence-electron chi connectivity index (χ3n) is 6.13. The number of thiazole rings is 1. The Morgan fingerprint density at radius 1 is 0.973 bits per heavy atom. The van der Waals surface area contributed by atoms with Crippen LogP contribution in [-0.2, 0) is 20.0 Å². The van der Waals surface area contributed by atoms with E-state index in [9.17, 15) is 14.7 Å². The lowest BCUT2D eigenvalue weighted by molar-refractivity contribution is -0.131. The molecule has 0 spiro atoms. The number of hydrogen-bond acceptors (Lipinski definition) is 7. The highest BCUT2D eigenvalue weighted by atomic mass is 32.1. The lowest BCUT2D eigenvalue weighted by Gasteiger charge is -2.36. The maximum absolute atomic E-state index is 12.0. The molecule has 3 N–H and O–H groups in total. The van der Waals surface area contributed by atoms with E-state index in [4.69, 9.17) is 4.84 Å². The number of anilines is 1. The first-order chi connectivity index (χ1) is 18.1. The number of carbonyl (C=O) groups is 2. The molecule has 1 saturated heterocycles. The maximum atomic E-state index is 12.0. The number of oxime groups is 1. The van der Waals surface area contributed by atoms with Gasteiger partial charge in [0, 0.05) is 18.3 Å². The number of benzene rings is 3. The molecule has 2 heterocycles. The van der Waals surface area contributed by atoms with Gasteiger partial charge < -0.3 is 20.6 Å². The highest BCUT2D eigenvalue weighted by molar-refractivity contribution is 7.14. The van der Waals surface area contributed by atoms with Gasteiger partial charge in [-0.3, -0.25) is 4.79 Å². The number of carboxylic acids is 1. The second-order valence-corrected chi connectivity index (χ2v) is 9.29. The lowest BCUT2D eigenvalue weighted by Crippen LogP contribution is -2.38. The minimum absolute atomic E-state index is 0.140. The fourth-order valence-electron chi connectivity index (χ4n) is 4.36. The van der Waals surface area contributed by atoms with Gasteiger partial charge in [0.2, 0.25) is 11.8 Å². The number of nitrogens with one attached hydrogen (secondary N) is 2. The Balaban J connectivity index is 1.57. The zero-order valence-corrected chi connectivity index (χ0v) is 20.5. The van der Waals surface area contributed by atoms with E-state index in [0.29, 0.717) is 18.1 Å². The van der Waals surface area contributed by atoms with Crippen molar-refractivity contribution in [3.05, 3.63) is 119 Å². The van der Waals surface area contributed by atoms with Gasteiger partial charge in [0.05, 0.1) is 0 Å². The molecule has 9 heteroatoms. The summed E-state index contributed by atoms with van der Waals surface area (Å²) in [4.78, 5) is 33.6. The van der Waals surface area contributed by atoms with Gasteiger partial charge in [-0.2, -0.15) is 0 Å². The van der Waals surface area contributed by atoms with Crippen LogP contribution in [0.25, 0.3) is 0 Å². The molecule has 1 amide bonds. The number of carbonyl (C=O) groups excluding carboxylic acids is 1. The van der Waals surface area contributed by atoms with Crippen molar-refractivity contribution in [2.45, 2.75) is 18.1 Å². The van der Waals surface area contributed by atoms with Gasteiger partial charge in [-0.05, 0) is 16.7 Å². The van der Waals surface area contributed by atoms with Crippen molar-refractivity contribution < 1.29 is 19.5 Å². The van der Waals surface area contributed by atoms with E-state index in [1.165, 1.54) is 11.3 Å². The summed E-state index contributed by atoms with van der Waals surface area (Å²) >= 11 is 1.26. The average molecular weight is 513 g/mol. The summed E-state index contributed by atoms with van der Waals surface area (Å²) in [6.07, 6.45) is -0.389. The Labute approximate surface area is 217 Å². The minimum Gasteiger partial charge on any atom is -0.476 e. The zero-order chi connectivity index (χ0) is 25.7. The first kappa shape index (κ1) is 24.2. The molecule has 0 bridgehead atoms. The van der Waals surface area contributed by atoms with Crippen LogP contribution >= 0.6 is 11.3 Å². The smallest absolute Gasteiger partial charge is 0.360 e. The van der Waals surface area contributed by atoms with Gasteiger partial charge >= 0.3 is 5.97 Å².